The zero-order chi connectivity index (χ0) is 7.56. The van der Waals surface area contributed by atoms with Crippen molar-refractivity contribution in [1.29, 1.82) is 0 Å². The molecule has 0 amide bonds. The number of rotatable bonds is 0. The molecular formula is C4H5N3O3. The topological polar surface area (TPSA) is 97.3 Å². The summed E-state index contributed by atoms with van der Waals surface area (Å²) in [6, 6.07) is 0. The van der Waals surface area contributed by atoms with Gasteiger partial charge >= 0.3 is 5.97 Å². The molecule has 0 atom stereocenters. The molecule has 3 N–H and O–H groups in total. The van der Waals surface area contributed by atoms with E-state index in [1.165, 1.54) is 0 Å². The minimum Gasteiger partial charge on any atom is -0.454 e. The molecule has 6 nitrogen and oxygen atoms in total. The number of nitrogens with two attached hydrogens (primary N) is 1. The molecule has 1 aliphatic heterocycles. The third-order valence-electron chi connectivity index (χ3n) is 1.06. The Morgan fingerprint density at radius 3 is 2.80 bits per heavy atom. The van der Waals surface area contributed by atoms with Crippen molar-refractivity contribution >= 4 is 17.4 Å². The molecule has 1 heterocycles. The minimum atomic E-state index is -0.702. The Hall–Kier alpha value is -1.59. The number of hydrogen-bond donors (Lipinski definition) is 2. The van der Waals surface area contributed by atoms with Gasteiger partial charge in [0.25, 0.3) is 0 Å². The largest absolute Gasteiger partial charge is 0.454 e. The van der Waals surface area contributed by atoms with Gasteiger partial charge in [-0.2, -0.15) is 5.10 Å². The predicted octanol–water partition coefficient (Wildman–Crippen LogP) is -1.31. The normalized spacial score (nSPS) is 25.8. The van der Waals surface area contributed by atoms with Crippen LogP contribution in [-0.4, -0.2) is 29.2 Å². The highest BCUT2D eigenvalue weighted by atomic mass is 16.5. The minimum absolute atomic E-state index is 0.0191. The van der Waals surface area contributed by atoms with Crippen LogP contribution in [0.3, 0.4) is 0 Å². The van der Waals surface area contributed by atoms with E-state index in [2.05, 4.69) is 15.0 Å². The van der Waals surface area contributed by atoms with E-state index < -0.39 is 5.97 Å². The third kappa shape index (κ3) is 0.790. The van der Waals surface area contributed by atoms with Gasteiger partial charge in [-0.25, -0.2) is 4.79 Å². The van der Waals surface area contributed by atoms with Gasteiger partial charge in [-0.1, -0.05) is 5.16 Å². The maximum absolute atomic E-state index is 10.5. The van der Waals surface area contributed by atoms with Crippen molar-refractivity contribution in [3.05, 3.63) is 0 Å². The molecule has 0 radical (unpaired) electrons. The smallest absolute Gasteiger partial charge is 0.362 e. The van der Waals surface area contributed by atoms with Crippen LogP contribution in [0, 0.1) is 0 Å². The first-order valence-corrected chi connectivity index (χ1v) is 2.46. The van der Waals surface area contributed by atoms with Crippen LogP contribution in [0.2, 0.25) is 0 Å². The predicted molar refractivity (Wildman–Crippen MR) is 31.8 cm³/mol. The van der Waals surface area contributed by atoms with Crippen LogP contribution in [0.1, 0.15) is 0 Å². The van der Waals surface area contributed by atoms with Crippen molar-refractivity contribution in [2.45, 2.75) is 0 Å². The highest BCUT2D eigenvalue weighted by Gasteiger charge is 2.28. The Balaban J connectivity index is 2.95. The van der Waals surface area contributed by atoms with E-state index in [0.29, 0.717) is 0 Å². The molecule has 0 aliphatic carbocycles. The van der Waals surface area contributed by atoms with E-state index >= 15 is 0 Å². The molecule has 0 aromatic carbocycles. The number of esters is 1. The molecule has 0 aromatic heterocycles. The molecule has 0 bridgehead atoms. The molecule has 0 unspecified atom stereocenters. The molecule has 10 heavy (non-hydrogen) atoms. The first-order chi connectivity index (χ1) is 4.79. The first-order valence-electron chi connectivity index (χ1n) is 2.46. The van der Waals surface area contributed by atoms with Gasteiger partial charge in [0.1, 0.15) is 12.3 Å². The summed E-state index contributed by atoms with van der Waals surface area (Å²) in [5.41, 5.74) is -0.0602. The SMILES string of the molecule is NN=C1COC(=O)C1=NO. The number of oxime groups is 1. The molecule has 1 aliphatic rings. The van der Waals surface area contributed by atoms with E-state index in [4.69, 9.17) is 11.0 Å². The lowest BCUT2D eigenvalue weighted by Gasteiger charge is -1.83. The molecule has 0 spiro atoms. The molecule has 1 saturated heterocycles. The maximum atomic E-state index is 10.5. The van der Waals surface area contributed by atoms with E-state index in [-0.39, 0.29) is 18.0 Å². The van der Waals surface area contributed by atoms with Crippen molar-refractivity contribution in [3.8, 4) is 0 Å². The average molecular weight is 143 g/mol. The van der Waals surface area contributed by atoms with Crippen molar-refractivity contribution in [1.82, 2.24) is 0 Å². The number of carbonyl (C=O) groups is 1. The van der Waals surface area contributed by atoms with E-state index in [0.717, 1.165) is 0 Å². The lowest BCUT2D eigenvalue weighted by Crippen LogP contribution is -2.16. The lowest BCUT2D eigenvalue weighted by atomic mass is 10.3. The van der Waals surface area contributed by atoms with Gasteiger partial charge in [-0.15, -0.1) is 0 Å². The maximum Gasteiger partial charge on any atom is 0.362 e. The van der Waals surface area contributed by atoms with Gasteiger partial charge in [0.15, 0.2) is 0 Å². The van der Waals surface area contributed by atoms with Gasteiger partial charge in [0.05, 0.1) is 0 Å². The zero-order valence-electron chi connectivity index (χ0n) is 4.94. The summed E-state index contributed by atoms with van der Waals surface area (Å²) in [6.07, 6.45) is 0. The van der Waals surface area contributed by atoms with E-state index in [9.17, 15) is 4.79 Å². The van der Waals surface area contributed by atoms with Gasteiger partial charge in [0.2, 0.25) is 5.71 Å². The monoisotopic (exact) mass is 143 g/mol. The highest BCUT2D eigenvalue weighted by Crippen LogP contribution is 1.98. The van der Waals surface area contributed by atoms with Crippen LogP contribution in [0.5, 0.6) is 0 Å². The summed E-state index contributed by atoms with van der Waals surface area (Å²) in [7, 11) is 0. The molecule has 54 valence electrons. The van der Waals surface area contributed by atoms with Crippen LogP contribution in [0.25, 0.3) is 0 Å². The number of hydrogen-bond acceptors (Lipinski definition) is 6. The second-order valence-corrected chi connectivity index (χ2v) is 1.60. The summed E-state index contributed by atoms with van der Waals surface area (Å²) in [5, 5.41) is 14.0. The lowest BCUT2D eigenvalue weighted by molar-refractivity contribution is -0.132. The van der Waals surface area contributed by atoms with Gasteiger partial charge in [-0.05, 0) is 0 Å². The Morgan fingerprint density at radius 2 is 2.40 bits per heavy atom. The summed E-state index contributed by atoms with van der Waals surface area (Å²) < 4.78 is 4.42. The Labute approximate surface area is 56.0 Å². The Bertz CT molecular complexity index is 220. The summed E-state index contributed by atoms with van der Waals surface area (Å²) in [6.45, 7) is -0.0191. The molecule has 1 rings (SSSR count). The summed E-state index contributed by atoms with van der Waals surface area (Å²) in [5.74, 6) is 4.12. The highest BCUT2D eigenvalue weighted by molar-refractivity contribution is 6.68. The summed E-state index contributed by atoms with van der Waals surface area (Å²) in [4.78, 5) is 10.5. The summed E-state index contributed by atoms with van der Waals surface area (Å²) >= 11 is 0. The van der Waals surface area contributed by atoms with E-state index in [1.807, 2.05) is 0 Å². The first kappa shape index (κ1) is 6.53. The fourth-order valence-corrected chi connectivity index (χ4v) is 0.585. The number of carbonyl (C=O) groups excluding carboxylic acids is 1. The van der Waals surface area contributed by atoms with Crippen LogP contribution in [0.15, 0.2) is 10.3 Å². The molecular weight excluding hydrogens is 138 g/mol. The van der Waals surface area contributed by atoms with Crippen LogP contribution in [-0.2, 0) is 9.53 Å². The standard InChI is InChI=1S/C4H5N3O3/c5-6-2-1-10-4(8)3(2)7-9/h9H,1,5H2. The fourth-order valence-electron chi connectivity index (χ4n) is 0.585. The molecule has 1 fully saturated rings. The molecule has 0 saturated carbocycles. The second-order valence-electron chi connectivity index (χ2n) is 1.60. The molecule has 0 aromatic rings. The van der Waals surface area contributed by atoms with Gasteiger partial charge in [-0.3, -0.25) is 0 Å². The Morgan fingerprint density at radius 1 is 1.70 bits per heavy atom. The molecule has 6 heteroatoms. The number of cyclic esters (lactones) is 1. The van der Waals surface area contributed by atoms with Crippen molar-refractivity contribution < 1.29 is 14.7 Å². The van der Waals surface area contributed by atoms with Crippen LogP contribution in [0.4, 0.5) is 0 Å². The Kier molecular flexibility index (Phi) is 1.53. The van der Waals surface area contributed by atoms with Crippen LogP contribution >= 0.6 is 0 Å². The zero-order valence-corrected chi connectivity index (χ0v) is 4.94. The second kappa shape index (κ2) is 2.34. The fraction of sp³-hybridized carbons (Fsp3) is 0.250. The van der Waals surface area contributed by atoms with Crippen molar-refractivity contribution in [2.75, 3.05) is 6.61 Å². The average Bonchev–Trinajstić information content (AvgIpc) is 2.30. The van der Waals surface area contributed by atoms with Gasteiger partial charge < -0.3 is 15.8 Å². The number of hydrazone groups is 1. The quantitative estimate of drug-likeness (QED) is 0.190. The third-order valence-corrected chi connectivity index (χ3v) is 1.06. The van der Waals surface area contributed by atoms with Crippen molar-refractivity contribution in [2.24, 2.45) is 16.1 Å². The number of ether oxygens (including phenoxy) is 1. The van der Waals surface area contributed by atoms with Crippen LogP contribution < -0.4 is 5.84 Å². The van der Waals surface area contributed by atoms with Gasteiger partial charge in [0, 0.05) is 0 Å². The van der Waals surface area contributed by atoms with Crippen molar-refractivity contribution in [3.63, 3.8) is 0 Å². The van der Waals surface area contributed by atoms with E-state index in [1.54, 1.807) is 0 Å². The number of nitrogens with zero attached hydrogens (tertiary/aromatic N) is 2.